The number of morpholine rings is 1. The predicted molar refractivity (Wildman–Crippen MR) is 91.6 cm³/mol. The highest BCUT2D eigenvalue weighted by Gasteiger charge is 2.12. The van der Waals surface area contributed by atoms with Gasteiger partial charge in [0, 0.05) is 49.2 Å². The average molecular weight is 315 g/mol. The zero-order chi connectivity index (χ0) is 16.1. The molecule has 2 aromatic rings. The van der Waals surface area contributed by atoms with Gasteiger partial charge in [0.25, 0.3) is 0 Å². The maximum Gasteiger partial charge on any atom is 0.220 e. The maximum atomic E-state index is 12.1. The van der Waals surface area contributed by atoms with Crippen LogP contribution in [0.1, 0.15) is 17.7 Å². The largest absolute Gasteiger partial charge is 0.379 e. The summed E-state index contributed by atoms with van der Waals surface area (Å²) in [6.07, 6.45) is 1.31. The summed E-state index contributed by atoms with van der Waals surface area (Å²) in [6.45, 7) is 7.22. The Morgan fingerprint density at radius 1 is 1.30 bits per heavy atom. The first-order valence-electron chi connectivity index (χ1n) is 8.37. The smallest absolute Gasteiger partial charge is 0.220 e. The van der Waals surface area contributed by atoms with Crippen LogP contribution < -0.4 is 5.32 Å². The SMILES string of the molecule is Cc1[nH]c2ccccc2c1CCC(=O)NCCN1CCOCC1. The maximum absolute atomic E-state index is 12.1. The van der Waals surface area contributed by atoms with E-state index in [-0.39, 0.29) is 5.91 Å². The zero-order valence-electron chi connectivity index (χ0n) is 13.7. The van der Waals surface area contributed by atoms with Crippen LogP contribution in [0.3, 0.4) is 0 Å². The van der Waals surface area contributed by atoms with Crippen LogP contribution in [-0.4, -0.2) is 55.2 Å². The number of hydrogen-bond acceptors (Lipinski definition) is 3. The number of amides is 1. The van der Waals surface area contributed by atoms with E-state index in [2.05, 4.69) is 34.3 Å². The first-order valence-corrected chi connectivity index (χ1v) is 8.37. The van der Waals surface area contributed by atoms with Crippen LogP contribution in [-0.2, 0) is 16.0 Å². The Hall–Kier alpha value is -1.85. The second-order valence-electron chi connectivity index (χ2n) is 6.08. The number of H-pyrrole nitrogens is 1. The number of ether oxygens (including phenoxy) is 1. The van der Waals surface area contributed by atoms with Crippen LogP contribution >= 0.6 is 0 Å². The first kappa shape index (κ1) is 16.0. The van der Waals surface area contributed by atoms with Gasteiger partial charge in [-0.1, -0.05) is 18.2 Å². The average Bonchev–Trinajstić information content (AvgIpc) is 2.89. The Morgan fingerprint density at radius 2 is 2.09 bits per heavy atom. The lowest BCUT2D eigenvalue weighted by Gasteiger charge is -2.26. The van der Waals surface area contributed by atoms with E-state index >= 15 is 0 Å². The molecule has 1 aliphatic heterocycles. The highest BCUT2D eigenvalue weighted by Crippen LogP contribution is 2.22. The molecule has 0 radical (unpaired) electrons. The molecule has 1 fully saturated rings. The fourth-order valence-electron chi connectivity index (χ4n) is 3.16. The van der Waals surface area contributed by atoms with Gasteiger partial charge in [-0.2, -0.15) is 0 Å². The van der Waals surface area contributed by atoms with Gasteiger partial charge in [-0.05, 0) is 25.0 Å². The highest BCUT2D eigenvalue weighted by atomic mass is 16.5. The monoisotopic (exact) mass is 315 g/mol. The Balaban J connectivity index is 1.45. The number of carbonyl (C=O) groups excluding carboxylic acids is 1. The molecule has 5 nitrogen and oxygen atoms in total. The lowest BCUT2D eigenvalue weighted by Crippen LogP contribution is -2.41. The molecule has 124 valence electrons. The number of carbonyl (C=O) groups is 1. The number of fused-ring (bicyclic) bond motifs is 1. The minimum absolute atomic E-state index is 0.128. The van der Waals surface area contributed by atoms with E-state index in [0.717, 1.165) is 50.5 Å². The minimum atomic E-state index is 0.128. The summed E-state index contributed by atoms with van der Waals surface area (Å²) < 4.78 is 5.32. The van der Waals surface area contributed by atoms with E-state index in [1.165, 1.54) is 10.9 Å². The molecule has 23 heavy (non-hydrogen) atoms. The van der Waals surface area contributed by atoms with Gasteiger partial charge in [0.1, 0.15) is 0 Å². The minimum Gasteiger partial charge on any atom is -0.379 e. The van der Waals surface area contributed by atoms with Gasteiger partial charge in [-0.25, -0.2) is 0 Å². The number of aromatic amines is 1. The summed E-state index contributed by atoms with van der Waals surface area (Å²) in [7, 11) is 0. The second kappa shape index (κ2) is 7.62. The van der Waals surface area contributed by atoms with Crippen molar-refractivity contribution in [3.8, 4) is 0 Å². The van der Waals surface area contributed by atoms with E-state index in [1.807, 2.05) is 12.1 Å². The van der Waals surface area contributed by atoms with Crippen LogP contribution in [0.5, 0.6) is 0 Å². The Bertz CT molecular complexity index is 659. The molecule has 1 aliphatic rings. The van der Waals surface area contributed by atoms with Gasteiger partial charge >= 0.3 is 0 Å². The van der Waals surface area contributed by atoms with Crippen LogP contribution in [0.4, 0.5) is 0 Å². The second-order valence-corrected chi connectivity index (χ2v) is 6.08. The summed E-state index contributed by atoms with van der Waals surface area (Å²) in [5.41, 5.74) is 3.56. The highest BCUT2D eigenvalue weighted by molar-refractivity contribution is 5.85. The molecule has 3 rings (SSSR count). The van der Waals surface area contributed by atoms with Gasteiger partial charge in [-0.3, -0.25) is 9.69 Å². The Labute approximate surface area is 137 Å². The van der Waals surface area contributed by atoms with Crippen LogP contribution in [0.25, 0.3) is 10.9 Å². The molecular formula is C18H25N3O2. The lowest BCUT2D eigenvalue weighted by atomic mass is 10.1. The van der Waals surface area contributed by atoms with Gasteiger partial charge in [0.05, 0.1) is 13.2 Å². The van der Waals surface area contributed by atoms with Crippen molar-refractivity contribution in [3.05, 3.63) is 35.5 Å². The van der Waals surface area contributed by atoms with Crippen molar-refractivity contribution < 1.29 is 9.53 Å². The van der Waals surface area contributed by atoms with Crippen molar-refractivity contribution in [2.24, 2.45) is 0 Å². The number of nitrogens with zero attached hydrogens (tertiary/aromatic N) is 1. The Kier molecular flexibility index (Phi) is 5.31. The van der Waals surface area contributed by atoms with Crippen LogP contribution in [0.15, 0.2) is 24.3 Å². The number of aromatic nitrogens is 1. The number of benzene rings is 1. The number of rotatable bonds is 6. The molecule has 1 amide bonds. The van der Waals surface area contributed by atoms with Crippen molar-refractivity contribution in [1.82, 2.24) is 15.2 Å². The third-order valence-electron chi connectivity index (χ3n) is 4.48. The van der Waals surface area contributed by atoms with Gasteiger partial charge in [-0.15, -0.1) is 0 Å². The number of para-hydroxylation sites is 1. The summed E-state index contributed by atoms with van der Waals surface area (Å²) in [5, 5.41) is 4.26. The molecule has 1 aromatic heterocycles. The normalized spacial score (nSPS) is 15.9. The Morgan fingerprint density at radius 3 is 2.91 bits per heavy atom. The zero-order valence-corrected chi connectivity index (χ0v) is 13.7. The third kappa shape index (κ3) is 4.12. The standard InChI is InChI=1S/C18H25N3O2/c1-14-15(16-4-2-3-5-17(16)20-14)6-7-18(22)19-8-9-21-10-12-23-13-11-21/h2-5,20H,6-13H2,1H3,(H,19,22). The van der Waals surface area contributed by atoms with E-state index in [4.69, 9.17) is 4.74 Å². The molecule has 2 heterocycles. The topological polar surface area (TPSA) is 57.4 Å². The van der Waals surface area contributed by atoms with Gasteiger partial charge in [0.2, 0.25) is 5.91 Å². The predicted octanol–water partition coefficient (Wildman–Crippen LogP) is 1.86. The summed E-state index contributed by atoms with van der Waals surface area (Å²) >= 11 is 0. The van der Waals surface area contributed by atoms with Crippen LogP contribution in [0, 0.1) is 6.92 Å². The molecule has 1 saturated heterocycles. The number of aryl methyl sites for hydroxylation is 2. The van der Waals surface area contributed by atoms with Crippen molar-refractivity contribution in [3.63, 3.8) is 0 Å². The summed E-state index contributed by atoms with van der Waals surface area (Å²) in [4.78, 5) is 17.8. The number of nitrogens with one attached hydrogen (secondary N) is 2. The van der Waals surface area contributed by atoms with Crippen molar-refractivity contribution in [2.75, 3.05) is 39.4 Å². The molecule has 0 unspecified atom stereocenters. The van der Waals surface area contributed by atoms with E-state index in [9.17, 15) is 4.79 Å². The molecule has 0 atom stereocenters. The molecule has 1 aromatic carbocycles. The van der Waals surface area contributed by atoms with Gasteiger partial charge < -0.3 is 15.0 Å². The van der Waals surface area contributed by atoms with Crippen LogP contribution in [0.2, 0.25) is 0 Å². The van der Waals surface area contributed by atoms with Gasteiger partial charge in [0.15, 0.2) is 0 Å². The molecule has 0 bridgehead atoms. The van der Waals surface area contributed by atoms with E-state index in [0.29, 0.717) is 13.0 Å². The molecule has 0 spiro atoms. The van der Waals surface area contributed by atoms with Crippen molar-refractivity contribution in [2.45, 2.75) is 19.8 Å². The lowest BCUT2D eigenvalue weighted by molar-refractivity contribution is -0.121. The quantitative estimate of drug-likeness (QED) is 0.855. The molecular weight excluding hydrogens is 290 g/mol. The number of hydrogen-bond donors (Lipinski definition) is 2. The fraction of sp³-hybridized carbons (Fsp3) is 0.500. The first-order chi connectivity index (χ1) is 11.2. The molecule has 5 heteroatoms. The molecule has 2 N–H and O–H groups in total. The molecule has 0 aliphatic carbocycles. The summed E-state index contributed by atoms with van der Waals surface area (Å²) in [5.74, 6) is 0.128. The van der Waals surface area contributed by atoms with Crippen molar-refractivity contribution >= 4 is 16.8 Å². The van der Waals surface area contributed by atoms with E-state index < -0.39 is 0 Å². The van der Waals surface area contributed by atoms with E-state index in [1.54, 1.807) is 0 Å². The summed E-state index contributed by atoms with van der Waals surface area (Å²) in [6, 6.07) is 8.26. The third-order valence-corrected chi connectivity index (χ3v) is 4.48. The van der Waals surface area contributed by atoms with Crippen molar-refractivity contribution in [1.29, 1.82) is 0 Å². The fourth-order valence-corrected chi connectivity index (χ4v) is 3.16. The molecule has 0 saturated carbocycles.